The SMILES string of the molecule is COc1c(C)c2c(c(OC(=O)C34CC5CC(CC(C5)C3)C4)c1C/C=C/CCC(=O)OCCCN1CCOCC1)C(=O)OC2.Cl. The normalized spacial score (nSPS) is 27.1. The quantitative estimate of drug-likeness (QED) is 0.131. The molecule has 0 unspecified atom stereocenters. The maximum Gasteiger partial charge on any atom is 0.342 e. The van der Waals surface area contributed by atoms with E-state index in [1.54, 1.807) is 7.11 Å². The number of carbonyl (C=O) groups excluding carboxylic acids is 3. The van der Waals surface area contributed by atoms with Crippen LogP contribution in [0.1, 0.15) is 84.8 Å². The number of halogens is 1. The summed E-state index contributed by atoms with van der Waals surface area (Å²) in [4.78, 5) is 41.5. The van der Waals surface area contributed by atoms with Gasteiger partial charge in [0.1, 0.15) is 17.9 Å². The molecule has 0 atom stereocenters. The first-order valence-electron chi connectivity index (χ1n) is 16.1. The second-order valence-corrected chi connectivity index (χ2v) is 13.2. The molecule has 242 valence electrons. The molecule has 5 fully saturated rings. The molecule has 9 nitrogen and oxygen atoms in total. The Hall–Kier alpha value is -2.62. The van der Waals surface area contributed by atoms with Gasteiger partial charge < -0.3 is 23.7 Å². The summed E-state index contributed by atoms with van der Waals surface area (Å²) in [6.45, 7) is 6.75. The Kier molecular flexibility index (Phi) is 10.6. The van der Waals surface area contributed by atoms with Gasteiger partial charge in [-0.3, -0.25) is 14.5 Å². The highest BCUT2D eigenvalue weighted by Gasteiger charge is 2.56. The number of methoxy groups -OCH3 is 1. The van der Waals surface area contributed by atoms with E-state index in [0.717, 1.165) is 69.7 Å². The number of esters is 3. The summed E-state index contributed by atoms with van der Waals surface area (Å²) in [5.41, 5.74) is 2.09. The third-order valence-electron chi connectivity index (χ3n) is 10.3. The molecule has 1 aromatic carbocycles. The summed E-state index contributed by atoms with van der Waals surface area (Å²) in [5, 5.41) is 0. The second-order valence-electron chi connectivity index (χ2n) is 13.2. The van der Waals surface area contributed by atoms with Gasteiger partial charge in [-0.1, -0.05) is 12.2 Å². The van der Waals surface area contributed by atoms with Crippen LogP contribution < -0.4 is 9.47 Å². The van der Waals surface area contributed by atoms with Crippen molar-refractivity contribution in [3.63, 3.8) is 0 Å². The van der Waals surface area contributed by atoms with Crippen LogP contribution in [0.3, 0.4) is 0 Å². The molecular formula is C34H46ClNO8. The van der Waals surface area contributed by atoms with E-state index in [9.17, 15) is 14.4 Å². The zero-order valence-electron chi connectivity index (χ0n) is 26.0. The van der Waals surface area contributed by atoms with E-state index in [4.69, 9.17) is 23.7 Å². The molecule has 2 aliphatic heterocycles. The number of ether oxygens (including phenoxy) is 5. The van der Waals surface area contributed by atoms with Crippen molar-refractivity contribution in [3.05, 3.63) is 34.4 Å². The lowest BCUT2D eigenvalue weighted by atomic mass is 9.49. The molecule has 4 bridgehead atoms. The van der Waals surface area contributed by atoms with Crippen molar-refractivity contribution in [2.75, 3.05) is 46.6 Å². The van der Waals surface area contributed by atoms with Crippen LogP contribution in [0.4, 0.5) is 0 Å². The van der Waals surface area contributed by atoms with Crippen LogP contribution >= 0.6 is 12.4 Å². The first-order chi connectivity index (χ1) is 20.9. The van der Waals surface area contributed by atoms with Gasteiger partial charge in [0.25, 0.3) is 0 Å². The molecular weight excluding hydrogens is 586 g/mol. The zero-order chi connectivity index (χ0) is 30.0. The molecule has 0 N–H and O–H groups in total. The molecule has 10 heteroatoms. The number of hydrogen-bond donors (Lipinski definition) is 0. The molecule has 0 aromatic heterocycles. The summed E-state index contributed by atoms with van der Waals surface area (Å²) in [6, 6.07) is 0. The molecule has 0 radical (unpaired) electrons. The van der Waals surface area contributed by atoms with Crippen molar-refractivity contribution < 1.29 is 38.1 Å². The topological polar surface area (TPSA) is 101 Å². The van der Waals surface area contributed by atoms with E-state index in [1.807, 2.05) is 19.1 Å². The molecule has 4 aliphatic carbocycles. The molecule has 2 heterocycles. The Bertz CT molecular complexity index is 1240. The molecule has 0 spiro atoms. The number of cyclic esters (lactones) is 1. The number of benzene rings is 1. The summed E-state index contributed by atoms with van der Waals surface area (Å²) < 4.78 is 28.3. The van der Waals surface area contributed by atoms with Crippen molar-refractivity contribution in [1.29, 1.82) is 0 Å². The minimum Gasteiger partial charge on any atom is -0.496 e. The Balaban J connectivity index is 0.00000384. The number of fused-ring (bicyclic) bond motifs is 1. The monoisotopic (exact) mass is 631 g/mol. The van der Waals surface area contributed by atoms with Gasteiger partial charge in [-0.2, -0.15) is 0 Å². The van der Waals surface area contributed by atoms with E-state index in [1.165, 1.54) is 19.3 Å². The molecule has 4 saturated carbocycles. The highest BCUT2D eigenvalue weighted by molar-refractivity contribution is 5.99. The summed E-state index contributed by atoms with van der Waals surface area (Å²) in [7, 11) is 1.60. The lowest BCUT2D eigenvalue weighted by molar-refractivity contribution is -0.161. The molecule has 0 amide bonds. The Morgan fingerprint density at radius 2 is 1.70 bits per heavy atom. The average Bonchev–Trinajstić information content (AvgIpc) is 3.38. The van der Waals surface area contributed by atoms with Gasteiger partial charge >= 0.3 is 17.9 Å². The van der Waals surface area contributed by atoms with E-state index < -0.39 is 11.4 Å². The van der Waals surface area contributed by atoms with Crippen molar-refractivity contribution in [3.8, 4) is 11.5 Å². The summed E-state index contributed by atoms with van der Waals surface area (Å²) in [6.07, 6.45) is 12.2. The smallest absolute Gasteiger partial charge is 0.342 e. The Morgan fingerprint density at radius 1 is 1.02 bits per heavy atom. The first-order valence-corrected chi connectivity index (χ1v) is 16.1. The van der Waals surface area contributed by atoms with Crippen LogP contribution in [0.5, 0.6) is 11.5 Å². The highest BCUT2D eigenvalue weighted by atomic mass is 35.5. The molecule has 44 heavy (non-hydrogen) atoms. The molecule has 1 saturated heterocycles. The van der Waals surface area contributed by atoms with E-state index in [2.05, 4.69) is 4.90 Å². The minimum atomic E-state index is -0.462. The van der Waals surface area contributed by atoms with E-state index in [-0.39, 0.29) is 43.1 Å². The Labute approximate surface area is 266 Å². The molecule has 7 rings (SSSR count). The van der Waals surface area contributed by atoms with Crippen LogP contribution in [0.25, 0.3) is 0 Å². The van der Waals surface area contributed by atoms with Gasteiger partial charge in [0, 0.05) is 37.2 Å². The van der Waals surface area contributed by atoms with Gasteiger partial charge in [-0.25, -0.2) is 4.79 Å². The fourth-order valence-electron chi connectivity index (χ4n) is 8.58. The van der Waals surface area contributed by atoms with Gasteiger partial charge in [0.15, 0.2) is 5.75 Å². The Morgan fingerprint density at radius 3 is 2.36 bits per heavy atom. The number of rotatable bonds is 12. The van der Waals surface area contributed by atoms with Crippen molar-refractivity contribution >= 4 is 30.3 Å². The number of morpholine rings is 1. The van der Waals surface area contributed by atoms with Crippen LogP contribution in [-0.4, -0.2) is 69.4 Å². The summed E-state index contributed by atoms with van der Waals surface area (Å²) in [5.74, 6) is 1.80. The van der Waals surface area contributed by atoms with Crippen molar-refractivity contribution in [2.24, 2.45) is 23.2 Å². The lowest BCUT2D eigenvalue weighted by Gasteiger charge is -2.55. The molecule has 6 aliphatic rings. The van der Waals surface area contributed by atoms with Crippen molar-refractivity contribution in [2.45, 2.75) is 77.7 Å². The van der Waals surface area contributed by atoms with E-state index in [0.29, 0.717) is 54.1 Å². The van der Waals surface area contributed by atoms with Gasteiger partial charge in [-0.15, -0.1) is 12.4 Å². The highest BCUT2D eigenvalue weighted by Crippen LogP contribution is 2.60. The van der Waals surface area contributed by atoms with Gasteiger partial charge in [0.2, 0.25) is 0 Å². The number of carbonyl (C=O) groups is 3. The number of hydrogen-bond acceptors (Lipinski definition) is 9. The first kappa shape index (κ1) is 32.8. The fourth-order valence-corrected chi connectivity index (χ4v) is 8.58. The maximum atomic E-state index is 14.0. The minimum absolute atomic E-state index is 0. The van der Waals surface area contributed by atoms with Gasteiger partial charge in [-0.05, 0) is 88.0 Å². The molecule has 1 aromatic rings. The third kappa shape index (κ3) is 6.80. The van der Waals surface area contributed by atoms with Crippen LogP contribution in [0, 0.1) is 30.1 Å². The number of nitrogens with zero attached hydrogens (tertiary/aromatic N) is 1. The maximum absolute atomic E-state index is 14.0. The standard InChI is InChI=1S/C34H45NO8.ClH/c1-22-27-21-42-32(37)29(27)31(43-33(38)34-18-23-15-24(19-34)17-25(16-23)20-34)26(30(22)39-2)7-4-3-5-8-28(36)41-12-6-9-35-10-13-40-14-11-35;/h3-4,23-25H,5-21H2,1-2H3;1H/b4-3+;. The fraction of sp³-hybridized carbons (Fsp3) is 0.676. The zero-order valence-corrected chi connectivity index (χ0v) is 26.8. The second kappa shape index (κ2) is 14.2. The van der Waals surface area contributed by atoms with Crippen molar-refractivity contribution in [1.82, 2.24) is 4.90 Å². The van der Waals surface area contributed by atoms with Crippen LogP contribution in [0.2, 0.25) is 0 Å². The largest absolute Gasteiger partial charge is 0.496 e. The van der Waals surface area contributed by atoms with Crippen LogP contribution in [-0.2, 0) is 36.8 Å². The lowest BCUT2D eigenvalue weighted by Crippen LogP contribution is -2.51. The van der Waals surface area contributed by atoms with Crippen LogP contribution in [0.15, 0.2) is 12.2 Å². The predicted octanol–water partition coefficient (Wildman–Crippen LogP) is 5.36. The van der Waals surface area contributed by atoms with Gasteiger partial charge in [0.05, 0.1) is 32.3 Å². The third-order valence-corrected chi connectivity index (χ3v) is 10.3. The number of allylic oxidation sites excluding steroid dienone is 2. The average molecular weight is 632 g/mol. The predicted molar refractivity (Wildman–Crippen MR) is 165 cm³/mol. The van der Waals surface area contributed by atoms with E-state index >= 15 is 0 Å². The summed E-state index contributed by atoms with van der Waals surface area (Å²) >= 11 is 0.